The van der Waals surface area contributed by atoms with Crippen molar-refractivity contribution in [3.8, 4) is 0 Å². The van der Waals surface area contributed by atoms with E-state index in [2.05, 4.69) is 73.1 Å². The van der Waals surface area contributed by atoms with E-state index in [1.54, 1.807) is 0 Å². The van der Waals surface area contributed by atoms with Gasteiger partial charge in [0, 0.05) is 17.7 Å². The molecule has 1 aromatic carbocycles. The fourth-order valence-electron chi connectivity index (χ4n) is 3.02. The van der Waals surface area contributed by atoms with Crippen LogP contribution < -0.4 is 0 Å². The summed E-state index contributed by atoms with van der Waals surface area (Å²) in [5, 5.41) is 0. The van der Waals surface area contributed by atoms with E-state index in [0.717, 1.165) is 12.1 Å². The molecule has 1 aliphatic carbocycles. The largest absolute Gasteiger partial charge is 0.256 e. The third-order valence-electron chi connectivity index (χ3n) is 4.15. The summed E-state index contributed by atoms with van der Waals surface area (Å²) in [5.41, 5.74) is 6.07. The van der Waals surface area contributed by atoms with E-state index in [9.17, 15) is 0 Å². The van der Waals surface area contributed by atoms with E-state index >= 15 is 0 Å². The molecule has 0 amide bonds. The van der Waals surface area contributed by atoms with Crippen LogP contribution in [0.2, 0.25) is 0 Å². The Morgan fingerprint density at radius 3 is 2.74 bits per heavy atom. The zero-order chi connectivity index (χ0) is 16.1. The number of pyridine rings is 1. The third-order valence-corrected chi connectivity index (χ3v) is 4.15. The molecule has 1 heteroatoms. The highest BCUT2D eigenvalue weighted by atomic mass is 14.7. The zero-order valence-corrected chi connectivity index (χ0v) is 13.4. The van der Waals surface area contributed by atoms with Crippen LogP contribution in [-0.2, 0) is 0 Å². The Bertz CT molecular complexity index is 779. The number of hydrogen-bond donors (Lipinski definition) is 0. The van der Waals surface area contributed by atoms with Crippen molar-refractivity contribution in [1.29, 1.82) is 0 Å². The Labute approximate surface area is 138 Å². The summed E-state index contributed by atoms with van der Waals surface area (Å²) < 4.78 is 0. The summed E-state index contributed by atoms with van der Waals surface area (Å²) in [6, 6.07) is 14.6. The van der Waals surface area contributed by atoms with Gasteiger partial charge in [0.05, 0.1) is 5.69 Å². The van der Waals surface area contributed by atoms with Crippen molar-refractivity contribution in [2.24, 2.45) is 5.92 Å². The lowest BCUT2D eigenvalue weighted by Gasteiger charge is -2.14. The van der Waals surface area contributed by atoms with Gasteiger partial charge in [-0.25, -0.2) is 0 Å². The van der Waals surface area contributed by atoms with Crippen molar-refractivity contribution in [1.82, 2.24) is 4.98 Å². The van der Waals surface area contributed by atoms with Crippen LogP contribution in [0.3, 0.4) is 0 Å². The second kappa shape index (κ2) is 7.06. The van der Waals surface area contributed by atoms with Gasteiger partial charge in [-0.3, -0.25) is 4.98 Å². The van der Waals surface area contributed by atoms with Gasteiger partial charge in [0.2, 0.25) is 0 Å². The topological polar surface area (TPSA) is 12.9 Å². The molecular weight excluding hydrogens is 278 g/mol. The molecule has 1 nitrogen and oxygen atoms in total. The van der Waals surface area contributed by atoms with Crippen LogP contribution in [0.4, 0.5) is 0 Å². The molecule has 0 radical (unpaired) electrons. The van der Waals surface area contributed by atoms with Gasteiger partial charge in [-0.05, 0) is 29.2 Å². The fraction of sp³-hybridized carbons (Fsp3) is 0.136. The molecule has 1 unspecified atom stereocenters. The van der Waals surface area contributed by atoms with Crippen LogP contribution >= 0.6 is 0 Å². The lowest BCUT2D eigenvalue weighted by Crippen LogP contribution is -1.98. The van der Waals surface area contributed by atoms with Crippen molar-refractivity contribution in [3.63, 3.8) is 0 Å². The van der Waals surface area contributed by atoms with E-state index in [1.165, 1.54) is 22.3 Å². The lowest BCUT2D eigenvalue weighted by atomic mass is 9.90. The van der Waals surface area contributed by atoms with Gasteiger partial charge in [0.15, 0.2) is 0 Å². The van der Waals surface area contributed by atoms with Crippen LogP contribution in [0.25, 0.3) is 17.2 Å². The first kappa shape index (κ1) is 15.2. The van der Waals surface area contributed by atoms with E-state index in [4.69, 9.17) is 0 Å². The molecular formula is C22H21N. The number of allylic oxidation sites excluding steroid dienone is 6. The molecule has 1 atom stereocenters. The van der Waals surface area contributed by atoms with E-state index < -0.39 is 0 Å². The third kappa shape index (κ3) is 3.24. The Morgan fingerprint density at radius 2 is 2.00 bits per heavy atom. The first-order valence-electron chi connectivity index (χ1n) is 8.05. The van der Waals surface area contributed by atoms with E-state index in [1.807, 2.05) is 24.4 Å². The molecule has 0 N–H and O–H groups in total. The van der Waals surface area contributed by atoms with Crippen molar-refractivity contribution >= 4 is 17.2 Å². The minimum absolute atomic E-state index is 0.222. The average Bonchev–Trinajstić information content (AvgIpc) is 2.80. The number of benzene rings is 1. The van der Waals surface area contributed by atoms with Crippen LogP contribution in [0.1, 0.15) is 30.2 Å². The SMILES string of the molecule is C=C/C=C(/c1ccccc1)C1C=Cc2cccnc2C(CC)=C1. The van der Waals surface area contributed by atoms with Crippen LogP contribution in [-0.4, -0.2) is 4.98 Å². The molecule has 1 aromatic heterocycles. The second-order valence-corrected chi connectivity index (χ2v) is 5.60. The molecule has 0 saturated carbocycles. The molecule has 0 fully saturated rings. The summed E-state index contributed by atoms with van der Waals surface area (Å²) in [4.78, 5) is 4.58. The summed E-state index contributed by atoms with van der Waals surface area (Å²) in [5.74, 6) is 0.222. The number of aromatic nitrogens is 1. The molecule has 2 aromatic rings. The fourth-order valence-corrected chi connectivity index (χ4v) is 3.02. The first-order valence-corrected chi connectivity index (χ1v) is 8.05. The molecule has 23 heavy (non-hydrogen) atoms. The molecule has 114 valence electrons. The summed E-state index contributed by atoms with van der Waals surface area (Å²) in [6.07, 6.45) is 13.6. The maximum absolute atomic E-state index is 4.58. The van der Waals surface area contributed by atoms with Crippen molar-refractivity contribution in [2.75, 3.05) is 0 Å². The van der Waals surface area contributed by atoms with Crippen LogP contribution in [0.5, 0.6) is 0 Å². The van der Waals surface area contributed by atoms with Gasteiger partial charge in [-0.2, -0.15) is 0 Å². The average molecular weight is 299 g/mol. The van der Waals surface area contributed by atoms with Crippen molar-refractivity contribution < 1.29 is 0 Å². The summed E-state index contributed by atoms with van der Waals surface area (Å²) >= 11 is 0. The molecule has 0 saturated heterocycles. The quantitative estimate of drug-likeness (QED) is 0.651. The number of fused-ring (bicyclic) bond motifs is 1. The maximum Gasteiger partial charge on any atom is 0.0730 e. The minimum atomic E-state index is 0.222. The number of hydrogen-bond acceptors (Lipinski definition) is 1. The van der Waals surface area contributed by atoms with Gasteiger partial charge in [0.25, 0.3) is 0 Å². The number of nitrogens with zero attached hydrogens (tertiary/aromatic N) is 1. The smallest absolute Gasteiger partial charge is 0.0730 e. The van der Waals surface area contributed by atoms with Gasteiger partial charge in [0.1, 0.15) is 0 Å². The standard InChI is InChI=1S/C22H21N/c1-3-9-21(18-10-6-5-7-11-18)20-14-13-19-12-8-15-23-22(19)17(4-2)16-20/h3,5-16,20H,1,4H2,2H3/b21-9-. The molecule has 0 aliphatic heterocycles. The Kier molecular flexibility index (Phi) is 4.68. The van der Waals surface area contributed by atoms with E-state index in [0.29, 0.717) is 0 Å². The molecule has 0 spiro atoms. The Balaban J connectivity index is 2.09. The van der Waals surface area contributed by atoms with Crippen molar-refractivity contribution in [2.45, 2.75) is 13.3 Å². The van der Waals surface area contributed by atoms with Gasteiger partial charge in [-0.1, -0.05) is 80.3 Å². The normalized spacial score (nSPS) is 17.2. The maximum atomic E-state index is 4.58. The van der Waals surface area contributed by atoms with Gasteiger partial charge in [-0.15, -0.1) is 0 Å². The van der Waals surface area contributed by atoms with Crippen molar-refractivity contribution in [3.05, 3.63) is 96.4 Å². The molecule has 1 aliphatic rings. The molecule has 1 heterocycles. The highest BCUT2D eigenvalue weighted by Crippen LogP contribution is 2.33. The van der Waals surface area contributed by atoms with Crippen LogP contribution in [0, 0.1) is 5.92 Å². The highest BCUT2D eigenvalue weighted by Gasteiger charge is 2.16. The summed E-state index contributed by atoms with van der Waals surface area (Å²) in [6.45, 7) is 6.08. The number of rotatable bonds is 4. The Morgan fingerprint density at radius 1 is 1.17 bits per heavy atom. The van der Waals surface area contributed by atoms with Gasteiger partial charge < -0.3 is 0 Å². The first-order chi connectivity index (χ1) is 11.3. The van der Waals surface area contributed by atoms with Crippen LogP contribution in [0.15, 0.2) is 79.5 Å². The van der Waals surface area contributed by atoms with Gasteiger partial charge >= 0.3 is 0 Å². The summed E-state index contributed by atoms with van der Waals surface area (Å²) in [7, 11) is 0. The second-order valence-electron chi connectivity index (χ2n) is 5.60. The zero-order valence-electron chi connectivity index (χ0n) is 13.4. The molecule has 0 bridgehead atoms. The van der Waals surface area contributed by atoms with E-state index in [-0.39, 0.29) is 5.92 Å². The predicted molar refractivity (Wildman–Crippen MR) is 99.6 cm³/mol. The monoisotopic (exact) mass is 299 g/mol. The predicted octanol–water partition coefficient (Wildman–Crippen LogP) is 5.79. The lowest BCUT2D eigenvalue weighted by molar-refractivity contribution is 1.08. The molecule has 3 rings (SSSR count). The minimum Gasteiger partial charge on any atom is -0.256 e. The highest BCUT2D eigenvalue weighted by molar-refractivity contribution is 5.80. The Hall–Kier alpha value is -2.67.